The molecule has 0 heterocycles. The lowest BCUT2D eigenvalue weighted by atomic mass is 10.1. The van der Waals surface area contributed by atoms with E-state index in [4.69, 9.17) is 0 Å². The maximum atomic E-state index is 12.0. The Balaban J connectivity index is 2.55. The third-order valence-corrected chi connectivity index (χ3v) is 2.47. The van der Waals surface area contributed by atoms with Crippen LogP contribution in [0.25, 0.3) is 0 Å². The summed E-state index contributed by atoms with van der Waals surface area (Å²) in [6.45, 7) is -1.00. The van der Waals surface area contributed by atoms with Gasteiger partial charge in [0.1, 0.15) is 5.75 Å². The van der Waals surface area contributed by atoms with Crippen molar-refractivity contribution in [2.24, 2.45) is 0 Å². The summed E-state index contributed by atoms with van der Waals surface area (Å²) >= 11 is 0. The van der Waals surface area contributed by atoms with Crippen molar-refractivity contribution in [3.8, 4) is 5.75 Å². The second kappa shape index (κ2) is 7.04. The van der Waals surface area contributed by atoms with Crippen molar-refractivity contribution < 1.29 is 23.4 Å². The zero-order chi connectivity index (χ0) is 14.4. The first kappa shape index (κ1) is 15.4. The molecule has 0 aromatic heterocycles. The van der Waals surface area contributed by atoms with Crippen LogP contribution in [0.5, 0.6) is 5.75 Å². The van der Waals surface area contributed by atoms with E-state index >= 15 is 0 Å². The van der Waals surface area contributed by atoms with E-state index in [1.165, 1.54) is 17.0 Å². The van der Waals surface area contributed by atoms with Gasteiger partial charge in [0, 0.05) is 13.6 Å². The van der Waals surface area contributed by atoms with Crippen molar-refractivity contribution in [2.45, 2.75) is 26.1 Å². The number of benzene rings is 1. The fourth-order valence-electron chi connectivity index (χ4n) is 1.60. The number of amides is 1. The smallest absolute Gasteiger partial charge is 0.387 e. The van der Waals surface area contributed by atoms with E-state index in [9.17, 15) is 18.7 Å². The highest BCUT2D eigenvalue weighted by Crippen LogP contribution is 2.15. The Kier molecular flexibility index (Phi) is 5.69. The molecule has 4 nitrogen and oxygen atoms in total. The Morgan fingerprint density at radius 1 is 1.37 bits per heavy atom. The van der Waals surface area contributed by atoms with Crippen molar-refractivity contribution in [3.63, 3.8) is 0 Å². The maximum Gasteiger partial charge on any atom is 0.387 e. The van der Waals surface area contributed by atoms with Gasteiger partial charge in [-0.25, -0.2) is 0 Å². The van der Waals surface area contributed by atoms with Gasteiger partial charge in [-0.05, 0) is 24.6 Å². The number of hydrogen-bond acceptors (Lipinski definition) is 3. The molecule has 0 aliphatic heterocycles. The average molecular weight is 273 g/mol. The van der Waals surface area contributed by atoms with Gasteiger partial charge in [0.2, 0.25) is 5.91 Å². The SMILES string of the molecule is CC(O)CN(C)C(=O)Cc1ccc(OC(F)F)cc1. The van der Waals surface area contributed by atoms with Crippen LogP contribution in [0.3, 0.4) is 0 Å². The third kappa shape index (κ3) is 5.65. The molecule has 1 aromatic carbocycles. The van der Waals surface area contributed by atoms with E-state index in [-0.39, 0.29) is 24.6 Å². The summed E-state index contributed by atoms with van der Waals surface area (Å²) in [5.74, 6) is -0.0908. The van der Waals surface area contributed by atoms with E-state index in [1.807, 2.05) is 0 Å². The monoisotopic (exact) mass is 273 g/mol. The van der Waals surface area contributed by atoms with Crippen LogP contribution in [-0.2, 0) is 11.2 Å². The van der Waals surface area contributed by atoms with Gasteiger partial charge >= 0.3 is 6.61 Å². The molecule has 0 fully saturated rings. The lowest BCUT2D eigenvalue weighted by molar-refractivity contribution is -0.130. The van der Waals surface area contributed by atoms with Crippen LogP contribution in [0.15, 0.2) is 24.3 Å². The second-order valence-electron chi connectivity index (χ2n) is 4.32. The van der Waals surface area contributed by atoms with Crippen LogP contribution >= 0.6 is 0 Å². The summed E-state index contributed by atoms with van der Waals surface area (Å²) in [7, 11) is 1.60. The predicted octanol–water partition coefficient (Wildman–Crippen LogP) is 1.67. The standard InChI is InChI=1S/C13H17F2NO3/c1-9(17)8-16(2)12(18)7-10-3-5-11(6-4-10)19-13(14)15/h3-6,9,13,17H,7-8H2,1-2H3. The summed E-state index contributed by atoms with van der Waals surface area (Å²) in [6.07, 6.45) is -0.436. The molecule has 1 N–H and O–H groups in total. The first-order valence-electron chi connectivity index (χ1n) is 5.84. The molecule has 0 saturated carbocycles. The van der Waals surface area contributed by atoms with Crippen LogP contribution in [-0.4, -0.2) is 42.2 Å². The first-order chi connectivity index (χ1) is 8.88. The number of aliphatic hydroxyl groups excluding tert-OH is 1. The highest BCUT2D eigenvalue weighted by molar-refractivity contribution is 5.78. The Bertz CT molecular complexity index is 407. The van der Waals surface area contributed by atoms with Crippen molar-refractivity contribution in [3.05, 3.63) is 29.8 Å². The molecule has 19 heavy (non-hydrogen) atoms. The predicted molar refractivity (Wildman–Crippen MR) is 66.1 cm³/mol. The molecule has 0 aliphatic rings. The lowest BCUT2D eigenvalue weighted by Gasteiger charge is -2.18. The largest absolute Gasteiger partial charge is 0.435 e. The minimum Gasteiger partial charge on any atom is -0.435 e. The quantitative estimate of drug-likeness (QED) is 0.857. The van der Waals surface area contributed by atoms with E-state index in [1.54, 1.807) is 26.1 Å². The molecule has 0 saturated heterocycles. The number of ether oxygens (including phenoxy) is 1. The summed E-state index contributed by atoms with van der Waals surface area (Å²) in [5, 5.41) is 9.18. The van der Waals surface area contributed by atoms with Crippen LogP contribution in [0.4, 0.5) is 8.78 Å². The molecule has 0 radical (unpaired) electrons. The Morgan fingerprint density at radius 3 is 2.42 bits per heavy atom. The number of nitrogens with zero attached hydrogens (tertiary/aromatic N) is 1. The highest BCUT2D eigenvalue weighted by atomic mass is 19.3. The number of halogens is 2. The molecular weight excluding hydrogens is 256 g/mol. The van der Waals surface area contributed by atoms with E-state index in [0.29, 0.717) is 5.56 Å². The van der Waals surface area contributed by atoms with Crippen molar-refractivity contribution >= 4 is 5.91 Å². The van der Waals surface area contributed by atoms with Gasteiger partial charge in [-0.15, -0.1) is 0 Å². The molecule has 6 heteroatoms. The number of aliphatic hydroxyl groups is 1. The fraction of sp³-hybridized carbons (Fsp3) is 0.462. The zero-order valence-electron chi connectivity index (χ0n) is 10.8. The lowest BCUT2D eigenvalue weighted by Crippen LogP contribution is -2.34. The Labute approximate surface area is 110 Å². The van der Waals surface area contributed by atoms with Crippen molar-refractivity contribution in [1.82, 2.24) is 4.90 Å². The maximum absolute atomic E-state index is 12.0. The topological polar surface area (TPSA) is 49.8 Å². The molecule has 1 atom stereocenters. The number of likely N-dealkylation sites (N-methyl/N-ethyl adjacent to an activating group) is 1. The van der Waals surface area contributed by atoms with Crippen LogP contribution in [0.1, 0.15) is 12.5 Å². The van der Waals surface area contributed by atoms with Gasteiger partial charge in [0.15, 0.2) is 0 Å². The minimum absolute atomic E-state index is 0.0588. The van der Waals surface area contributed by atoms with Gasteiger partial charge in [-0.3, -0.25) is 4.79 Å². The molecule has 1 aromatic rings. The molecule has 1 unspecified atom stereocenters. The summed E-state index contributed by atoms with van der Waals surface area (Å²) < 4.78 is 28.1. The molecule has 106 valence electrons. The van der Waals surface area contributed by atoms with Gasteiger partial charge in [0.25, 0.3) is 0 Å². The van der Waals surface area contributed by atoms with E-state index < -0.39 is 12.7 Å². The van der Waals surface area contributed by atoms with Gasteiger partial charge in [0.05, 0.1) is 12.5 Å². The van der Waals surface area contributed by atoms with E-state index in [0.717, 1.165) is 0 Å². The first-order valence-corrected chi connectivity index (χ1v) is 5.84. The number of carbonyl (C=O) groups is 1. The zero-order valence-corrected chi connectivity index (χ0v) is 10.8. The number of carbonyl (C=O) groups excluding carboxylic acids is 1. The second-order valence-corrected chi connectivity index (χ2v) is 4.32. The Hall–Kier alpha value is -1.69. The van der Waals surface area contributed by atoms with E-state index in [2.05, 4.69) is 4.74 Å². The van der Waals surface area contributed by atoms with Crippen LogP contribution in [0, 0.1) is 0 Å². The number of hydrogen-bond donors (Lipinski definition) is 1. The molecule has 0 spiro atoms. The summed E-state index contributed by atoms with van der Waals surface area (Å²) in [6, 6.07) is 5.91. The molecular formula is C13H17F2NO3. The van der Waals surface area contributed by atoms with Gasteiger partial charge < -0.3 is 14.7 Å². The van der Waals surface area contributed by atoms with Crippen LogP contribution in [0.2, 0.25) is 0 Å². The van der Waals surface area contributed by atoms with Gasteiger partial charge in [-0.2, -0.15) is 8.78 Å². The third-order valence-electron chi connectivity index (χ3n) is 2.47. The molecule has 1 amide bonds. The highest BCUT2D eigenvalue weighted by Gasteiger charge is 2.12. The fourth-order valence-corrected chi connectivity index (χ4v) is 1.60. The van der Waals surface area contributed by atoms with Gasteiger partial charge in [-0.1, -0.05) is 12.1 Å². The minimum atomic E-state index is -2.86. The number of alkyl halides is 2. The summed E-state index contributed by atoms with van der Waals surface area (Å²) in [5.41, 5.74) is 0.698. The molecule has 0 aliphatic carbocycles. The van der Waals surface area contributed by atoms with Crippen molar-refractivity contribution in [2.75, 3.05) is 13.6 Å². The Morgan fingerprint density at radius 2 is 1.95 bits per heavy atom. The summed E-state index contributed by atoms with van der Waals surface area (Å²) in [4.78, 5) is 13.2. The normalized spacial score (nSPS) is 12.3. The molecule has 0 bridgehead atoms. The van der Waals surface area contributed by atoms with Crippen LogP contribution < -0.4 is 4.74 Å². The molecule has 1 rings (SSSR count). The van der Waals surface area contributed by atoms with Crippen molar-refractivity contribution in [1.29, 1.82) is 0 Å². The average Bonchev–Trinajstić information content (AvgIpc) is 2.30. The number of rotatable bonds is 6.